The van der Waals surface area contributed by atoms with Gasteiger partial charge < -0.3 is 19.8 Å². The lowest BCUT2D eigenvalue weighted by molar-refractivity contribution is -0.119. The van der Waals surface area contributed by atoms with E-state index in [0.29, 0.717) is 16.8 Å². The van der Waals surface area contributed by atoms with Gasteiger partial charge in [0.25, 0.3) is 5.91 Å². The monoisotopic (exact) mass is 400 g/mol. The van der Waals surface area contributed by atoms with Gasteiger partial charge in [-0.05, 0) is 50.3 Å². The van der Waals surface area contributed by atoms with Crippen molar-refractivity contribution in [3.05, 3.63) is 51.8 Å². The Bertz CT molecular complexity index is 928. The van der Waals surface area contributed by atoms with E-state index >= 15 is 0 Å². The largest absolute Gasteiger partial charge is 0.462 e. The van der Waals surface area contributed by atoms with Crippen LogP contribution in [0.3, 0.4) is 0 Å². The van der Waals surface area contributed by atoms with Crippen molar-refractivity contribution < 1.29 is 23.9 Å². The van der Waals surface area contributed by atoms with Crippen LogP contribution in [0.4, 0.5) is 5.69 Å². The standard InChI is InChI=1S/C22H28N2O5/c1-7-28-21(26)18-14(5)20(23-15(18)6)22(27)29-11-17(25)24-19-13(4)9-8-10-16(19)12(2)3/h8-10,12,23H,7,11H2,1-6H3,(H,24,25). The van der Waals surface area contributed by atoms with Crippen LogP contribution >= 0.6 is 0 Å². The lowest BCUT2D eigenvalue weighted by Gasteiger charge is -2.16. The number of anilines is 1. The molecule has 1 aromatic carbocycles. The number of carbonyl (C=O) groups excluding carboxylic acids is 3. The number of hydrogen-bond acceptors (Lipinski definition) is 5. The first-order valence-corrected chi connectivity index (χ1v) is 9.60. The van der Waals surface area contributed by atoms with Crippen LogP contribution < -0.4 is 5.32 Å². The Kier molecular flexibility index (Phi) is 7.20. The molecule has 0 unspecified atom stereocenters. The minimum absolute atomic E-state index is 0.136. The van der Waals surface area contributed by atoms with Gasteiger partial charge in [-0.15, -0.1) is 0 Å². The summed E-state index contributed by atoms with van der Waals surface area (Å²) >= 11 is 0. The number of hydrogen-bond donors (Lipinski definition) is 2. The van der Waals surface area contributed by atoms with Crippen molar-refractivity contribution in [2.24, 2.45) is 0 Å². The summed E-state index contributed by atoms with van der Waals surface area (Å²) in [6.45, 7) is 10.8. The normalized spacial score (nSPS) is 10.7. The highest BCUT2D eigenvalue weighted by molar-refractivity contribution is 6.00. The molecule has 0 atom stereocenters. The number of rotatable bonds is 7. The highest BCUT2D eigenvalue weighted by Crippen LogP contribution is 2.27. The zero-order valence-electron chi connectivity index (χ0n) is 17.8. The van der Waals surface area contributed by atoms with Crippen LogP contribution in [0, 0.1) is 20.8 Å². The summed E-state index contributed by atoms with van der Waals surface area (Å²) in [7, 11) is 0. The predicted molar refractivity (Wildman–Crippen MR) is 110 cm³/mol. The Morgan fingerprint density at radius 1 is 1.07 bits per heavy atom. The quantitative estimate of drug-likeness (QED) is 0.684. The predicted octanol–water partition coefficient (Wildman–Crippen LogP) is 4.04. The van der Waals surface area contributed by atoms with E-state index in [1.807, 2.05) is 39.0 Å². The SMILES string of the molecule is CCOC(=O)c1c(C)[nH]c(C(=O)OCC(=O)Nc2c(C)cccc2C(C)C)c1C. The van der Waals surface area contributed by atoms with Gasteiger partial charge in [0.2, 0.25) is 0 Å². The molecular formula is C22H28N2O5. The van der Waals surface area contributed by atoms with E-state index in [2.05, 4.69) is 10.3 Å². The number of aromatic amines is 1. The van der Waals surface area contributed by atoms with Gasteiger partial charge >= 0.3 is 11.9 Å². The number of benzene rings is 1. The van der Waals surface area contributed by atoms with Crippen LogP contribution in [0.25, 0.3) is 0 Å². The molecule has 2 rings (SSSR count). The van der Waals surface area contributed by atoms with Crippen LogP contribution in [0.15, 0.2) is 18.2 Å². The fourth-order valence-corrected chi connectivity index (χ4v) is 3.18. The molecule has 0 bridgehead atoms. The number of amides is 1. The van der Waals surface area contributed by atoms with Gasteiger partial charge in [0.1, 0.15) is 5.69 Å². The van der Waals surface area contributed by atoms with Crippen LogP contribution in [0.5, 0.6) is 0 Å². The van der Waals surface area contributed by atoms with Crippen LogP contribution in [-0.2, 0) is 14.3 Å². The molecular weight excluding hydrogens is 372 g/mol. The summed E-state index contributed by atoms with van der Waals surface area (Å²) in [5.74, 6) is -1.40. The lowest BCUT2D eigenvalue weighted by Crippen LogP contribution is -2.22. The van der Waals surface area contributed by atoms with Gasteiger partial charge in [0.15, 0.2) is 6.61 Å². The number of carbonyl (C=O) groups is 3. The molecule has 29 heavy (non-hydrogen) atoms. The van der Waals surface area contributed by atoms with E-state index in [-0.39, 0.29) is 18.2 Å². The number of H-pyrrole nitrogens is 1. The average Bonchev–Trinajstić information content (AvgIpc) is 2.95. The van der Waals surface area contributed by atoms with Gasteiger partial charge in [0.05, 0.1) is 12.2 Å². The van der Waals surface area contributed by atoms with Gasteiger partial charge in [-0.2, -0.15) is 0 Å². The first-order chi connectivity index (χ1) is 13.7. The number of aryl methyl sites for hydroxylation is 2. The number of para-hydroxylation sites is 1. The molecule has 0 aliphatic carbocycles. The molecule has 0 aliphatic rings. The van der Waals surface area contributed by atoms with Gasteiger partial charge in [-0.1, -0.05) is 32.0 Å². The molecule has 7 nitrogen and oxygen atoms in total. The van der Waals surface area contributed by atoms with Crippen molar-refractivity contribution in [3.8, 4) is 0 Å². The van der Waals surface area contributed by atoms with Crippen LogP contribution in [0.1, 0.15) is 69.9 Å². The molecule has 1 amide bonds. The number of aromatic nitrogens is 1. The molecule has 0 radical (unpaired) electrons. The summed E-state index contributed by atoms with van der Waals surface area (Å²) in [6, 6.07) is 5.81. The van der Waals surface area contributed by atoms with E-state index in [0.717, 1.165) is 16.8 Å². The van der Waals surface area contributed by atoms with Gasteiger partial charge in [-0.25, -0.2) is 9.59 Å². The highest BCUT2D eigenvalue weighted by atomic mass is 16.5. The Balaban J connectivity index is 2.08. The van der Waals surface area contributed by atoms with E-state index in [4.69, 9.17) is 9.47 Å². The van der Waals surface area contributed by atoms with Crippen LogP contribution in [-0.4, -0.2) is 36.0 Å². The van der Waals surface area contributed by atoms with E-state index in [1.165, 1.54) is 0 Å². The summed E-state index contributed by atoms with van der Waals surface area (Å²) < 4.78 is 10.2. The molecule has 0 saturated heterocycles. The summed E-state index contributed by atoms with van der Waals surface area (Å²) in [5, 5.41) is 2.83. The maximum absolute atomic E-state index is 12.4. The smallest absolute Gasteiger partial charge is 0.355 e. The zero-order chi connectivity index (χ0) is 21.7. The highest BCUT2D eigenvalue weighted by Gasteiger charge is 2.24. The Morgan fingerprint density at radius 2 is 1.76 bits per heavy atom. The third kappa shape index (κ3) is 5.04. The van der Waals surface area contributed by atoms with Crippen molar-refractivity contribution in [2.75, 3.05) is 18.5 Å². The number of nitrogens with one attached hydrogen (secondary N) is 2. The first kappa shape index (κ1) is 22.2. The maximum atomic E-state index is 12.4. The van der Waals surface area contributed by atoms with E-state index in [9.17, 15) is 14.4 Å². The zero-order valence-corrected chi connectivity index (χ0v) is 17.8. The Hall–Kier alpha value is -3.09. The molecule has 2 aromatic rings. The van der Waals surface area contributed by atoms with Gasteiger partial charge in [-0.3, -0.25) is 4.79 Å². The summed E-state index contributed by atoms with van der Waals surface area (Å²) in [5.41, 5.74) is 4.08. The van der Waals surface area contributed by atoms with E-state index in [1.54, 1.807) is 20.8 Å². The molecule has 0 spiro atoms. The average molecular weight is 400 g/mol. The van der Waals surface area contributed by atoms with E-state index < -0.39 is 24.5 Å². The van der Waals surface area contributed by atoms with Crippen LogP contribution in [0.2, 0.25) is 0 Å². The molecule has 0 saturated carbocycles. The second-order valence-electron chi connectivity index (χ2n) is 7.16. The molecule has 156 valence electrons. The first-order valence-electron chi connectivity index (χ1n) is 9.60. The third-order valence-electron chi connectivity index (χ3n) is 4.65. The summed E-state index contributed by atoms with van der Waals surface area (Å²) in [6.07, 6.45) is 0. The Labute approximate surface area is 170 Å². The Morgan fingerprint density at radius 3 is 2.38 bits per heavy atom. The van der Waals surface area contributed by atoms with Crippen molar-refractivity contribution in [1.82, 2.24) is 4.98 Å². The van der Waals surface area contributed by atoms with Crippen molar-refractivity contribution >= 4 is 23.5 Å². The second kappa shape index (κ2) is 9.41. The minimum Gasteiger partial charge on any atom is -0.462 e. The third-order valence-corrected chi connectivity index (χ3v) is 4.65. The molecule has 2 N–H and O–H groups in total. The molecule has 7 heteroatoms. The van der Waals surface area contributed by atoms with Crippen molar-refractivity contribution in [2.45, 2.75) is 47.5 Å². The van der Waals surface area contributed by atoms with Gasteiger partial charge in [0, 0.05) is 11.4 Å². The topological polar surface area (TPSA) is 97.5 Å². The molecule has 0 fully saturated rings. The van der Waals surface area contributed by atoms with Crippen molar-refractivity contribution in [1.29, 1.82) is 0 Å². The number of esters is 2. The second-order valence-corrected chi connectivity index (χ2v) is 7.16. The fraction of sp³-hybridized carbons (Fsp3) is 0.409. The lowest BCUT2D eigenvalue weighted by atomic mass is 9.98. The molecule has 1 heterocycles. The molecule has 1 aromatic heterocycles. The molecule has 0 aliphatic heterocycles. The maximum Gasteiger partial charge on any atom is 0.355 e. The summed E-state index contributed by atoms with van der Waals surface area (Å²) in [4.78, 5) is 39.7. The van der Waals surface area contributed by atoms with Crippen molar-refractivity contribution in [3.63, 3.8) is 0 Å². The minimum atomic E-state index is -0.704. The number of ether oxygens (including phenoxy) is 2. The fourth-order valence-electron chi connectivity index (χ4n) is 3.18.